The van der Waals surface area contributed by atoms with Crippen LogP contribution in [0.4, 0.5) is 0 Å². The molecule has 0 saturated carbocycles. The number of fused-ring (bicyclic) bond motifs is 1. The topological polar surface area (TPSA) is 44.5 Å². The van der Waals surface area contributed by atoms with Crippen molar-refractivity contribution in [2.24, 2.45) is 11.7 Å². The second-order valence-electron chi connectivity index (χ2n) is 4.93. The zero-order chi connectivity index (χ0) is 13.2. The van der Waals surface area contributed by atoms with Crippen LogP contribution in [-0.4, -0.2) is 6.61 Å². The highest BCUT2D eigenvalue weighted by Crippen LogP contribution is 2.37. The lowest BCUT2D eigenvalue weighted by molar-refractivity contribution is 0.207. The second-order valence-corrected chi connectivity index (χ2v) is 4.93. The van der Waals surface area contributed by atoms with Gasteiger partial charge >= 0.3 is 0 Å². The van der Waals surface area contributed by atoms with Crippen molar-refractivity contribution in [2.75, 3.05) is 6.61 Å². The highest BCUT2D eigenvalue weighted by atomic mass is 16.5. The Balaban J connectivity index is 1.89. The molecule has 2 atom stereocenters. The minimum atomic E-state index is 0.00285. The normalized spacial score (nSPS) is 21.4. The van der Waals surface area contributed by atoms with Crippen molar-refractivity contribution in [2.45, 2.75) is 13.0 Å². The molecule has 0 radical (unpaired) electrons. The van der Waals surface area contributed by atoms with Gasteiger partial charge in [-0.1, -0.05) is 25.1 Å². The molecule has 0 aromatic heterocycles. The Kier molecular flexibility index (Phi) is 3.13. The summed E-state index contributed by atoms with van der Waals surface area (Å²) in [6.07, 6.45) is 0. The van der Waals surface area contributed by atoms with E-state index in [0.29, 0.717) is 12.5 Å². The minimum Gasteiger partial charge on any atom is -0.493 e. The fourth-order valence-electron chi connectivity index (χ4n) is 2.24. The Morgan fingerprint density at radius 2 is 1.89 bits per heavy atom. The van der Waals surface area contributed by atoms with Crippen molar-refractivity contribution in [3.63, 3.8) is 0 Å². The standard InChI is InChI=1S/C16H17NO2/c1-11-10-18-15-8-7-13(9-14(15)16(11)17)19-12-5-3-2-4-6-12/h2-9,11,16H,10,17H2,1H3. The minimum absolute atomic E-state index is 0.00285. The highest BCUT2D eigenvalue weighted by Gasteiger charge is 2.25. The van der Waals surface area contributed by atoms with Crippen molar-refractivity contribution in [1.29, 1.82) is 0 Å². The zero-order valence-electron chi connectivity index (χ0n) is 10.9. The van der Waals surface area contributed by atoms with Crippen molar-refractivity contribution >= 4 is 0 Å². The molecule has 1 aliphatic heterocycles. The van der Waals surface area contributed by atoms with Gasteiger partial charge in [-0.25, -0.2) is 0 Å². The summed E-state index contributed by atoms with van der Waals surface area (Å²) in [6, 6.07) is 15.5. The van der Waals surface area contributed by atoms with Crippen LogP contribution in [0.25, 0.3) is 0 Å². The van der Waals surface area contributed by atoms with E-state index in [4.69, 9.17) is 15.2 Å². The van der Waals surface area contributed by atoms with Crippen LogP contribution in [0.5, 0.6) is 17.2 Å². The lowest BCUT2D eigenvalue weighted by atomic mass is 9.93. The number of hydrogen-bond acceptors (Lipinski definition) is 3. The third-order valence-corrected chi connectivity index (χ3v) is 3.43. The lowest BCUT2D eigenvalue weighted by Gasteiger charge is -2.29. The average molecular weight is 255 g/mol. The molecule has 2 N–H and O–H groups in total. The van der Waals surface area contributed by atoms with E-state index in [0.717, 1.165) is 22.8 Å². The van der Waals surface area contributed by atoms with E-state index in [2.05, 4.69) is 6.92 Å². The molecule has 2 aromatic rings. The number of para-hydroxylation sites is 1. The Hall–Kier alpha value is -2.00. The van der Waals surface area contributed by atoms with Crippen molar-refractivity contribution in [1.82, 2.24) is 0 Å². The maximum Gasteiger partial charge on any atom is 0.128 e. The molecule has 0 spiro atoms. The molecule has 2 aromatic carbocycles. The van der Waals surface area contributed by atoms with Crippen LogP contribution in [0.3, 0.4) is 0 Å². The smallest absolute Gasteiger partial charge is 0.128 e. The number of hydrogen-bond donors (Lipinski definition) is 1. The van der Waals surface area contributed by atoms with Crippen LogP contribution >= 0.6 is 0 Å². The van der Waals surface area contributed by atoms with Gasteiger partial charge in [-0.2, -0.15) is 0 Å². The summed E-state index contributed by atoms with van der Waals surface area (Å²) in [4.78, 5) is 0. The molecule has 0 fully saturated rings. The fourth-order valence-corrected chi connectivity index (χ4v) is 2.24. The van der Waals surface area contributed by atoms with Gasteiger partial charge in [-0.05, 0) is 30.3 Å². The molecule has 2 unspecified atom stereocenters. The van der Waals surface area contributed by atoms with E-state index in [1.54, 1.807) is 0 Å². The van der Waals surface area contributed by atoms with Crippen LogP contribution in [-0.2, 0) is 0 Å². The first-order valence-electron chi connectivity index (χ1n) is 6.49. The van der Waals surface area contributed by atoms with Crippen LogP contribution in [0.1, 0.15) is 18.5 Å². The Morgan fingerprint density at radius 3 is 2.68 bits per heavy atom. The molecular formula is C16H17NO2. The van der Waals surface area contributed by atoms with E-state index >= 15 is 0 Å². The van der Waals surface area contributed by atoms with Gasteiger partial charge in [0.2, 0.25) is 0 Å². The van der Waals surface area contributed by atoms with Gasteiger partial charge in [0.25, 0.3) is 0 Å². The lowest BCUT2D eigenvalue weighted by Crippen LogP contribution is -2.29. The van der Waals surface area contributed by atoms with Crippen LogP contribution in [0, 0.1) is 5.92 Å². The van der Waals surface area contributed by atoms with Gasteiger partial charge in [0.05, 0.1) is 6.61 Å². The number of nitrogens with two attached hydrogens (primary N) is 1. The summed E-state index contributed by atoms with van der Waals surface area (Å²) in [5.74, 6) is 2.80. The summed E-state index contributed by atoms with van der Waals surface area (Å²) in [7, 11) is 0. The van der Waals surface area contributed by atoms with Crippen LogP contribution in [0.15, 0.2) is 48.5 Å². The molecule has 0 amide bonds. The van der Waals surface area contributed by atoms with Gasteiger partial charge < -0.3 is 15.2 Å². The summed E-state index contributed by atoms with van der Waals surface area (Å²) in [5, 5.41) is 0. The van der Waals surface area contributed by atoms with E-state index in [1.165, 1.54) is 0 Å². The molecule has 3 heteroatoms. The fraction of sp³-hybridized carbons (Fsp3) is 0.250. The second kappa shape index (κ2) is 4.94. The molecule has 19 heavy (non-hydrogen) atoms. The van der Waals surface area contributed by atoms with Crippen molar-refractivity contribution in [3.05, 3.63) is 54.1 Å². The predicted molar refractivity (Wildman–Crippen MR) is 74.5 cm³/mol. The zero-order valence-corrected chi connectivity index (χ0v) is 10.9. The van der Waals surface area contributed by atoms with E-state index in [-0.39, 0.29) is 6.04 Å². The summed E-state index contributed by atoms with van der Waals surface area (Å²) >= 11 is 0. The average Bonchev–Trinajstić information content (AvgIpc) is 2.45. The molecule has 3 nitrogen and oxygen atoms in total. The van der Waals surface area contributed by atoms with E-state index in [9.17, 15) is 0 Å². The van der Waals surface area contributed by atoms with Gasteiger partial charge in [0.1, 0.15) is 17.2 Å². The van der Waals surface area contributed by atoms with Crippen molar-refractivity contribution < 1.29 is 9.47 Å². The molecular weight excluding hydrogens is 238 g/mol. The molecule has 98 valence electrons. The molecule has 0 saturated heterocycles. The number of ether oxygens (including phenoxy) is 2. The maximum atomic E-state index is 6.22. The van der Waals surface area contributed by atoms with Gasteiger partial charge in [0, 0.05) is 17.5 Å². The largest absolute Gasteiger partial charge is 0.493 e. The number of rotatable bonds is 2. The monoisotopic (exact) mass is 255 g/mol. The summed E-state index contributed by atoms with van der Waals surface area (Å²) < 4.78 is 11.5. The maximum absolute atomic E-state index is 6.22. The third-order valence-electron chi connectivity index (χ3n) is 3.43. The molecule has 0 aliphatic carbocycles. The first-order valence-corrected chi connectivity index (χ1v) is 6.49. The van der Waals surface area contributed by atoms with Crippen molar-refractivity contribution in [3.8, 4) is 17.2 Å². The third kappa shape index (κ3) is 2.42. The van der Waals surface area contributed by atoms with E-state index < -0.39 is 0 Å². The molecule has 3 rings (SSSR count). The molecule has 0 bridgehead atoms. The Morgan fingerprint density at radius 1 is 1.11 bits per heavy atom. The predicted octanol–water partition coefficient (Wildman–Crippen LogP) is 3.51. The SMILES string of the molecule is CC1COc2ccc(Oc3ccccc3)cc2C1N. The summed E-state index contributed by atoms with van der Waals surface area (Å²) in [5.41, 5.74) is 7.24. The summed E-state index contributed by atoms with van der Waals surface area (Å²) in [6.45, 7) is 2.77. The molecule has 1 aliphatic rings. The van der Waals surface area contributed by atoms with Gasteiger partial charge in [-0.3, -0.25) is 0 Å². The van der Waals surface area contributed by atoms with Crippen LogP contribution < -0.4 is 15.2 Å². The Labute approximate surface area is 113 Å². The van der Waals surface area contributed by atoms with Gasteiger partial charge in [-0.15, -0.1) is 0 Å². The first kappa shape index (κ1) is 12.1. The molecule has 1 heterocycles. The number of benzene rings is 2. The van der Waals surface area contributed by atoms with Crippen LogP contribution in [0.2, 0.25) is 0 Å². The first-order chi connectivity index (χ1) is 9.24. The Bertz CT molecular complexity index is 568. The van der Waals surface area contributed by atoms with Gasteiger partial charge in [0.15, 0.2) is 0 Å². The highest BCUT2D eigenvalue weighted by molar-refractivity contribution is 5.45. The quantitative estimate of drug-likeness (QED) is 0.893. The van der Waals surface area contributed by atoms with E-state index in [1.807, 2.05) is 48.5 Å².